The van der Waals surface area contributed by atoms with Crippen molar-refractivity contribution in [2.45, 2.75) is 65.0 Å². The normalized spacial score (nSPS) is 19.4. The zero-order valence-electron chi connectivity index (χ0n) is 34.1. The van der Waals surface area contributed by atoms with Gasteiger partial charge in [-0.3, -0.25) is 19.4 Å². The van der Waals surface area contributed by atoms with Gasteiger partial charge in [-0.1, -0.05) is 24.3 Å². The van der Waals surface area contributed by atoms with E-state index in [1.807, 2.05) is 25.7 Å². The van der Waals surface area contributed by atoms with Gasteiger partial charge in [-0.05, 0) is 87.4 Å². The number of aromatic nitrogens is 2. The van der Waals surface area contributed by atoms with Gasteiger partial charge in [-0.2, -0.15) is 9.37 Å². The smallest absolute Gasteiger partial charge is 0.480 e. The van der Waals surface area contributed by atoms with Crippen LogP contribution in [0, 0.1) is 25.0 Å². The monoisotopic (exact) mass is 818 g/mol. The summed E-state index contributed by atoms with van der Waals surface area (Å²) in [5.74, 6) is -1.22. The number of piperazine rings is 2. The fourth-order valence-corrected chi connectivity index (χ4v) is 6.74. The molecule has 0 saturated carbocycles. The van der Waals surface area contributed by atoms with Crippen LogP contribution in [0.5, 0.6) is 5.88 Å². The molecule has 5 N–H and O–H groups in total. The molecular weight excluding hydrogens is 765 g/mol. The Bertz CT molecular complexity index is 1890. The molecule has 2 aliphatic rings. The van der Waals surface area contributed by atoms with Crippen LogP contribution in [0.15, 0.2) is 72.8 Å². The number of amides is 2. The maximum atomic E-state index is 14.0. The number of anilines is 2. The van der Waals surface area contributed by atoms with Gasteiger partial charge in [0.05, 0.1) is 12.7 Å². The molecular formula is C41H54F3KN8O4. The number of aliphatic hydroxyl groups is 1. The first-order chi connectivity index (χ1) is 26.2. The van der Waals surface area contributed by atoms with Crippen LogP contribution in [-0.2, 0) is 13.1 Å². The van der Waals surface area contributed by atoms with Crippen molar-refractivity contribution >= 4 is 23.5 Å². The molecule has 0 unspecified atom stereocenters. The number of pyridine rings is 2. The average molecular weight is 819 g/mol. The standard InChI is InChI=1S/C20H25FN4O2.C19H22F2N4O.CH4O.CH3.K/c1-13-11-25(20(26)17-8-9-18(22)23-19(17)27-3)14(2)10-24(13)12-15-4-6-16(21)7-5-15;1-12-10-25(19(26)16-7-8-17(22)23-18(16)21)13(2)9-24(12)11-14-3-5-15(20)6-4-14;1-2;;/h4-9,13-14H,10-12H2,1-3H3,(H2,22,23);3-8,12-13H,9-11H2,1-2H3,(H2,22,23);2H,1H3;1H3;/q;;;-1;+1/t13-,14+;12-,13+;;;/m00.../s1. The van der Waals surface area contributed by atoms with E-state index >= 15 is 0 Å². The summed E-state index contributed by atoms with van der Waals surface area (Å²) in [6.45, 7) is 11.9. The third-order valence-electron chi connectivity index (χ3n) is 9.76. The molecule has 2 amide bonds. The van der Waals surface area contributed by atoms with E-state index in [4.69, 9.17) is 21.3 Å². The van der Waals surface area contributed by atoms with Crippen LogP contribution in [0.1, 0.15) is 59.5 Å². The van der Waals surface area contributed by atoms with Crippen LogP contribution in [0.3, 0.4) is 0 Å². The number of carbonyl (C=O) groups is 2. The van der Waals surface area contributed by atoms with Crippen LogP contribution in [-0.4, -0.2) is 111 Å². The van der Waals surface area contributed by atoms with Crippen molar-refractivity contribution < 1.29 is 84.0 Å². The van der Waals surface area contributed by atoms with Crippen LogP contribution < -0.4 is 67.6 Å². The number of ether oxygens (including phenoxy) is 1. The molecule has 4 heterocycles. The van der Waals surface area contributed by atoms with E-state index in [-0.39, 0.29) is 124 Å². The van der Waals surface area contributed by atoms with E-state index < -0.39 is 5.95 Å². The van der Waals surface area contributed by atoms with E-state index in [0.29, 0.717) is 37.6 Å². The molecule has 2 aromatic heterocycles. The molecule has 0 radical (unpaired) electrons. The molecule has 4 atom stereocenters. The Kier molecular flexibility index (Phi) is 20.1. The molecule has 2 aromatic carbocycles. The maximum Gasteiger partial charge on any atom is 1.00 e. The van der Waals surface area contributed by atoms with E-state index in [2.05, 4.69) is 26.7 Å². The van der Waals surface area contributed by atoms with Gasteiger partial charge >= 0.3 is 51.4 Å². The van der Waals surface area contributed by atoms with Gasteiger partial charge in [0, 0.05) is 70.5 Å². The molecule has 57 heavy (non-hydrogen) atoms. The number of carbonyl (C=O) groups excluding carboxylic acids is 2. The van der Waals surface area contributed by atoms with Crippen LogP contribution in [0.25, 0.3) is 0 Å². The van der Waals surface area contributed by atoms with Crippen LogP contribution >= 0.6 is 0 Å². The maximum absolute atomic E-state index is 14.0. The van der Waals surface area contributed by atoms with Gasteiger partial charge in [-0.15, -0.1) is 0 Å². The molecule has 4 aromatic rings. The molecule has 0 bridgehead atoms. The third-order valence-corrected chi connectivity index (χ3v) is 9.76. The number of benzene rings is 2. The topological polar surface area (TPSA) is 154 Å². The summed E-state index contributed by atoms with van der Waals surface area (Å²) in [5, 5.41) is 7.00. The molecule has 304 valence electrons. The number of rotatable bonds is 7. The molecule has 0 spiro atoms. The Morgan fingerprint density at radius 1 is 0.649 bits per heavy atom. The molecule has 12 nitrogen and oxygen atoms in total. The Morgan fingerprint density at radius 3 is 1.44 bits per heavy atom. The van der Waals surface area contributed by atoms with Gasteiger partial charge in [0.1, 0.15) is 28.8 Å². The van der Waals surface area contributed by atoms with Crippen molar-refractivity contribution in [3.8, 4) is 5.88 Å². The fraction of sp³-hybridized carbons (Fsp3) is 0.390. The molecule has 2 aliphatic heterocycles. The number of nitrogens with two attached hydrogens (primary N) is 2. The minimum Gasteiger partial charge on any atom is -0.480 e. The molecule has 0 aliphatic carbocycles. The Morgan fingerprint density at radius 2 is 1.04 bits per heavy atom. The predicted molar refractivity (Wildman–Crippen MR) is 212 cm³/mol. The van der Waals surface area contributed by atoms with Crippen molar-refractivity contribution in [1.82, 2.24) is 29.6 Å². The predicted octanol–water partition coefficient (Wildman–Crippen LogP) is 2.29. The number of aliphatic hydroxyl groups excluding tert-OH is 1. The number of halogens is 3. The van der Waals surface area contributed by atoms with E-state index in [9.17, 15) is 22.8 Å². The van der Waals surface area contributed by atoms with Gasteiger partial charge < -0.3 is 38.5 Å². The Hall–Kier alpha value is -3.61. The van der Waals surface area contributed by atoms with E-state index in [1.54, 1.807) is 41.3 Å². The minimum absolute atomic E-state index is 0. The summed E-state index contributed by atoms with van der Waals surface area (Å²) < 4.78 is 45.4. The van der Waals surface area contributed by atoms with Gasteiger partial charge in [-0.25, -0.2) is 13.8 Å². The first kappa shape index (κ1) is 49.5. The number of nitrogen functional groups attached to an aromatic ring is 2. The number of nitrogens with zero attached hydrogens (tertiary/aromatic N) is 6. The van der Waals surface area contributed by atoms with Crippen molar-refractivity contribution in [2.24, 2.45) is 0 Å². The summed E-state index contributed by atoms with van der Waals surface area (Å²) in [7, 11) is 2.48. The zero-order chi connectivity index (χ0) is 40.4. The van der Waals surface area contributed by atoms with Gasteiger partial charge in [0.2, 0.25) is 11.8 Å². The molecule has 16 heteroatoms. The second kappa shape index (κ2) is 23.1. The quantitative estimate of drug-likeness (QED) is 0.144. The van der Waals surface area contributed by atoms with Gasteiger partial charge in [0.25, 0.3) is 11.8 Å². The first-order valence-corrected chi connectivity index (χ1v) is 18.0. The summed E-state index contributed by atoms with van der Waals surface area (Å²) in [4.78, 5) is 41.5. The van der Waals surface area contributed by atoms with Crippen LogP contribution in [0.4, 0.5) is 24.8 Å². The molecule has 2 saturated heterocycles. The Labute approximate surface area is 376 Å². The average Bonchev–Trinajstić information content (AvgIpc) is 3.16. The molecule has 6 rings (SSSR count). The van der Waals surface area contributed by atoms with Crippen molar-refractivity contribution in [1.29, 1.82) is 0 Å². The van der Waals surface area contributed by atoms with Crippen LogP contribution in [0.2, 0.25) is 0 Å². The summed E-state index contributed by atoms with van der Waals surface area (Å²) in [6.07, 6.45) is 0. The SMILES string of the molecule is CO.COc1nc(N)ccc1C(=O)N1C[C@H](C)N(Cc2ccc(F)cc2)C[C@H]1C.C[C@@H]1CN(Cc2ccc(F)cc2)[C@@H](C)CN1C(=O)c1ccc(N)nc1F.[CH3-].[K+]. The van der Waals surface area contributed by atoms with Gasteiger partial charge in [0.15, 0.2) is 0 Å². The number of methoxy groups -OCH3 is 1. The van der Waals surface area contributed by atoms with Crippen molar-refractivity contribution in [2.75, 3.05) is 51.9 Å². The number of hydrogen-bond acceptors (Lipinski definition) is 10. The second-order valence-electron chi connectivity index (χ2n) is 13.8. The Balaban J connectivity index is 0.000000365. The zero-order valence-corrected chi connectivity index (χ0v) is 37.2. The minimum atomic E-state index is -0.844. The summed E-state index contributed by atoms with van der Waals surface area (Å²) in [5.41, 5.74) is 13.6. The van der Waals surface area contributed by atoms with E-state index in [1.165, 1.54) is 43.5 Å². The largest absolute Gasteiger partial charge is 1.00 e. The van der Waals surface area contributed by atoms with Crippen molar-refractivity contribution in [3.05, 3.63) is 120 Å². The third kappa shape index (κ3) is 13.2. The summed E-state index contributed by atoms with van der Waals surface area (Å²) in [6, 6.07) is 19.2. The first-order valence-electron chi connectivity index (χ1n) is 18.0. The summed E-state index contributed by atoms with van der Waals surface area (Å²) >= 11 is 0. The fourth-order valence-electron chi connectivity index (χ4n) is 6.74. The van der Waals surface area contributed by atoms with Crippen molar-refractivity contribution in [3.63, 3.8) is 0 Å². The number of hydrogen-bond donors (Lipinski definition) is 3. The molecule has 2 fully saturated rings. The second-order valence-corrected chi connectivity index (χ2v) is 13.8. The van der Waals surface area contributed by atoms with E-state index in [0.717, 1.165) is 31.3 Å².